The maximum Gasteiger partial charge on any atom is 0.150 e. The molecule has 0 saturated heterocycles. The number of benzene rings is 3. The quantitative estimate of drug-likeness (QED) is 0.615. The number of rotatable bonds is 6. The van der Waals surface area contributed by atoms with Gasteiger partial charge in [0.05, 0.1) is 7.11 Å². The van der Waals surface area contributed by atoms with Crippen LogP contribution in [0, 0.1) is 0 Å². The lowest BCUT2D eigenvalue weighted by Crippen LogP contribution is -1.98. The summed E-state index contributed by atoms with van der Waals surface area (Å²) in [6, 6.07) is 23.1. The van der Waals surface area contributed by atoms with Gasteiger partial charge in [0.15, 0.2) is 0 Å². The Hall–Kier alpha value is -3.07. The molecule has 24 heavy (non-hydrogen) atoms. The van der Waals surface area contributed by atoms with Crippen LogP contribution < -0.4 is 9.47 Å². The van der Waals surface area contributed by atoms with Crippen molar-refractivity contribution in [2.75, 3.05) is 7.11 Å². The number of para-hydroxylation sites is 1. The molecular weight excluding hydrogens is 300 g/mol. The van der Waals surface area contributed by atoms with Crippen molar-refractivity contribution < 1.29 is 14.3 Å². The Bertz CT molecular complexity index is 825. The van der Waals surface area contributed by atoms with Gasteiger partial charge in [-0.05, 0) is 29.8 Å². The van der Waals surface area contributed by atoms with Gasteiger partial charge in [-0.25, -0.2) is 0 Å². The topological polar surface area (TPSA) is 35.5 Å². The normalized spacial score (nSPS) is 10.2. The minimum atomic E-state index is 0.462. The number of carbonyl (C=O) groups is 1. The molecule has 120 valence electrons. The molecule has 0 atom stereocenters. The molecule has 0 heterocycles. The summed E-state index contributed by atoms with van der Waals surface area (Å²) in [6.45, 7) is 0.462. The molecule has 0 amide bonds. The van der Waals surface area contributed by atoms with Crippen LogP contribution in [0.2, 0.25) is 0 Å². The van der Waals surface area contributed by atoms with Gasteiger partial charge >= 0.3 is 0 Å². The van der Waals surface area contributed by atoms with Crippen LogP contribution >= 0.6 is 0 Å². The van der Waals surface area contributed by atoms with E-state index in [1.54, 1.807) is 13.2 Å². The summed E-state index contributed by atoms with van der Waals surface area (Å²) in [7, 11) is 1.63. The number of aldehydes is 1. The van der Waals surface area contributed by atoms with Gasteiger partial charge in [-0.2, -0.15) is 0 Å². The Balaban J connectivity index is 1.98. The molecule has 0 aromatic heterocycles. The Morgan fingerprint density at radius 1 is 0.833 bits per heavy atom. The van der Waals surface area contributed by atoms with E-state index in [-0.39, 0.29) is 0 Å². The number of hydrogen-bond donors (Lipinski definition) is 0. The second kappa shape index (κ2) is 7.47. The van der Waals surface area contributed by atoms with Gasteiger partial charge in [0.25, 0.3) is 0 Å². The summed E-state index contributed by atoms with van der Waals surface area (Å²) in [4.78, 5) is 11.2. The predicted octanol–water partition coefficient (Wildman–Crippen LogP) is 4.75. The maximum atomic E-state index is 11.2. The molecule has 0 fully saturated rings. The summed E-state index contributed by atoms with van der Waals surface area (Å²) < 4.78 is 11.5. The highest BCUT2D eigenvalue weighted by Crippen LogP contribution is 2.37. The number of methoxy groups -OCH3 is 1. The molecule has 0 aliphatic heterocycles. The van der Waals surface area contributed by atoms with E-state index < -0.39 is 0 Å². The average molecular weight is 318 g/mol. The number of hydrogen-bond acceptors (Lipinski definition) is 3. The molecule has 3 heteroatoms. The van der Waals surface area contributed by atoms with Crippen LogP contribution in [0.3, 0.4) is 0 Å². The summed E-state index contributed by atoms with van der Waals surface area (Å²) in [6.07, 6.45) is 0.833. The van der Waals surface area contributed by atoms with Crippen molar-refractivity contribution in [3.05, 3.63) is 83.9 Å². The van der Waals surface area contributed by atoms with Crippen molar-refractivity contribution in [1.29, 1.82) is 0 Å². The molecule has 0 aliphatic rings. The van der Waals surface area contributed by atoms with E-state index in [4.69, 9.17) is 9.47 Å². The molecule has 0 spiro atoms. The largest absolute Gasteiger partial charge is 0.496 e. The fraction of sp³-hybridized carbons (Fsp3) is 0.0952. The third-order valence-corrected chi connectivity index (χ3v) is 3.77. The molecule has 3 rings (SSSR count). The summed E-state index contributed by atoms with van der Waals surface area (Å²) >= 11 is 0. The third kappa shape index (κ3) is 3.46. The zero-order chi connectivity index (χ0) is 16.8. The van der Waals surface area contributed by atoms with Crippen LogP contribution in [-0.4, -0.2) is 13.4 Å². The van der Waals surface area contributed by atoms with Crippen LogP contribution in [0.5, 0.6) is 11.5 Å². The summed E-state index contributed by atoms with van der Waals surface area (Å²) in [5.74, 6) is 1.46. The monoisotopic (exact) mass is 318 g/mol. The molecule has 0 aliphatic carbocycles. The van der Waals surface area contributed by atoms with E-state index in [1.807, 2.05) is 66.7 Å². The smallest absolute Gasteiger partial charge is 0.150 e. The third-order valence-electron chi connectivity index (χ3n) is 3.77. The van der Waals surface area contributed by atoms with Gasteiger partial charge in [0, 0.05) is 16.7 Å². The first-order valence-corrected chi connectivity index (χ1v) is 7.71. The van der Waals surface area contributed by atoms with Gasteiger partial charge in [-0.1, -0.05) is 48.5 Å². The molecule has 0 bridgehead atoms. The molecule has 3 nitrogen and oxygen atoms in total. The Labute approximate surface area is 141 Å². The SMILES string of the molecule is COc1ccccc1-c1cc(C=O)ccc1OCc1ccccc1. The van der Waals surface area contributed by atoms with Gasteiger partial charge < -0.3 is 9.47 Å². The van der Waals surface area contributed by atoms with E-state index in [0.29, 0.717) is 17.9 Å². The molecule has 3 aromatic carbocycles. The Morgan fingerprint density at radius 2 is 1.58 bits per heavy atom. The number of carbonyl (C=O) groups excluding carboxylic acids is 1. The van der Waals surface area contributed by atoms with E-state index in [2.05, 4.69) is 0 Å². The average Bonchev–Trinajstić information content (AvgIpc) is 2.67. The van der Waals surface area contributed by atoms with Crippen molar-refractivity contribution in [3.63, 3.8) is 0 Å². The second-order valence-corrected chi connectivity index (χ2v) is 5.35. The van der Waals surface area contributed by atoms with Gasteiger partial charge in [-0.15, -0.1) is 0 Å². The Kier molecular flexibility index (Phi) is 4.92. The van der Waals surface area contributed by atoms with E-state index in [9.17, 15) is 4.79 Å². The molecule has 3 aromatic rings. The summed E-state index contributed by atoms with van der Waals surface area (Å²) in [5.41, 5.74) is 3.42. The van der Waals surface area contributed by atoms with Crippen molar-refractivity contribution in [1.82, 2.24) is 0 Å². The standard InChI is InChI=1S/C21H18O3/c1-23-20-10-6-5-9-18(20)19-13-17(14-22)11-12-21(19)24-15-16-7-3-2-4-8-16/h2-14H,15H2,1H3. The van der Waals surface area contributed by atoms with E-state index >= 15 is 0 Å². The summed E-state index contributed by atoms with van der Waals surface area (Å²) in [5, 5.41) is 0. The fourth-order valence-electron chi connectivity index (χ4n) is 2.56. The fourth-order valence-corrected chi connectivity index (χ4v) is 2.56. The lowest BCUT2D eigenvalue weighted by Gasteiger charge is -2.15. The maximum absolute atomic E-state index is 11.2. The van der Waals surface area contributed by atoms with Gasteiger partial charge in [-0.3, -0.25) is 4.79 Å². The highest BCUT2D eigenvalue weighted by atomic mass is 16.5. The van der Waals surface area contributed by atoms with Crippen molar-refractivity contribution in [3.8, 4) is 22.6 Å². The highest BCUT2D eigenvalue weighted by molar-refractivity contribution is 5.83. The van der Waals surface area contributed by atoms with Crippen molar-refractivity contribution in [2.45, 2.75) is 6.61 Å². The van der Waals surface area contributed by atoms with Crippen molar-refractivity contribution in [2.24, 2.45) is 0 Å². The van der Waals surface area contributed by atoms with E-state index in [0.717, 1.165) is 28.7 Å². The van der Waals surface area contributed by atoms with Crippen LogP contribution in [0.15, 0.2) is 72.8 Å². The van der Waals surface area contributed by atoms with Crippen LogP contribution in [-0.2, 0) is 6.61 Å². The minimum Gasteiger partial charge on any atom is -0.496 e. The lowest BCUT2D eigenvalue weighted by molar-refractivity contribution is 0.112. The first kappa shape index (κ1) is 15.8. The zero-order valence-corrected chi connectivity index (χ0v) is 13.4. The molecular formula is C21H18O3. The zero-order valence-electron chi connectivity index (χ0n) is 13.4. The van der Waals surface area contributed by atoms with E-state index in [1.165, 1.54) is 0 Å². The number of ether oxygens (including phenoxy) is 2. The first-order valence-electron chi connectivity index (χ1n) is 7.71. The minimum absolute atomic E-state index is 0.462. The first-order chi connectivity index (χ1) is 11.8. The lowest BCUT2D eigenvalue weighted by atomic mass is 10.0. The van der Waals surface area contributed by atoms with Crippen LogP contribution in [0.1, 0.15) is 15.9 Å². The molecule has 0 unspecified atom stereocenters. The Morgan fingerprint density at radius 3 is 2.33 bits per heavy atom. The van der Waals surface area contributed by atoms with Crippen LogP contribution in [0.25, 0.3) is 11.1 Å². The highest BCUT2D eigenvalue weighted by Gasteiger charge is 2.12. The van der Waals surface area contributed by atoms with Crippen molar-refractivity contribution >= 4 is 6.29 Å². The second-order valence-electron chi connectivity index (χ2n) is 5.35. The molecule has 0 radical (unpaired) electrons. The predicted molar refractivity (Wildman–Crippen MR) is 94.6 cm³/mol. The van der Waals surface area contributed by atoms with Crippen LogP contribution in [0.4, 0.5) is 0 Å². The van der Waals surface area contributed by atoms with Gasteiger partial charge in [0.2, 0.25) is 0 Å². The van der Waals surface area contributed by atoms with Gasteiger partial charge in [0.1, 0.15) is 24.4 Å². The molecule has 0 saturated carbocycles. The molecule has 0 N–H and O–H groups in total.